The summed E-state index contributed by atoms with van der Waals surface area (Å²) < 4.78 is 1.07. The van der Waals surface area contributed by atoms with Gasteiger partial charge in [0.25, 0.3) is 0 Å². The molecule has 0 N–H and O–H groups in total. The summed E-state index contributed by atoms with van der Waals surface area (Å²) in [5, 5.41) is 11.8. The summed E-state index contributed by atoms with van der Waals surface area (Å²) in [7, 11) is 0. The molecule has 0 unspecified atom stereocenters. The highest BCUT2D eigenvalue weighted by Crippen LogP contribution is 2.40. The molecule has 1 aliphatic carbocycles. The van der Waals surface area contributed by atoms with E-state index >= 15 is 0 Å². The first kappa shape index (κ1) is 15.0. The molecule has 0 spiro atoms. The van der Waals surface area contributed by atoms with E-state index in [1.54, 1.807) is 0 Å². The van der Waals surface area contributed by atoms with Crippen LogP contribution in [0.1, 0.15) is 60.8 Å². The molecule has 1 rings (SSSR count). The Labute approximate surface area is 112 Å². The molecule has 1 aliphatic rings. The minimum atomic E-state index is 0.00379. The van der Waals surface area contributed by atoms with Crippen molar-refractivity contribution in [1.29, 1.82) is 0 Å². The van der Waals surface area contributed by atoms with Crippen LogP contribution in [0.25, 0.3) is 0 Å². The number of hydrogen-bond donors (Lipinski definition) is 0. The quantitative estimate of drug-likeness (QED) is 0.314. The van der Waals surface area contributed by atoms with Crippen LogP contribution in [0.5, 0.6) is 0 Å². The van der Waals surface area contributed by atoms with Gasteiger partial charge in [0.05, 0.1) is 0 Å². The van der Waals surface area contributed by atoms with Gasteiger partial charge in [0, 0.05) is 13.0 Å². The van der Waals surface area contributed by atoms with Crippen molar-refractivity contribution in [3.63, 3.8) is 0 Å². The molecule has 0 bridgehead atoms. The van der Waals surface area contributed by atoms with Crippen molar-refractivity contribution in [3.05, 3.63) is 28.5 Å². The lowest BCUT2D eigenvalue weighted by atomic mass is 9.72. The van der Waals surface area contributed by atoms with Gasteiger partial charge in [0.1, 0.15) is 0 Å². The van der Waals surface area contributed by atoms with Crippen molar-refractivity contribution >= 4 is 5.71 Å². The number of hydroxylamine groups is 1. The number of hydrogen-bond acceptors (Lipinski definition) is 1. The predicted molar refractivity (Wildman–Crippen MR) is 78.9 cm³/mol. The van der Waals surface area contributed by atoms with E-state index in [0.717, 1.165) is 10.5 Å². The Hall–Kier alpha value is -1.05. The van der Waals surface area contributed by atoms with Crippen LogP contribution < -0.4 is 0 Å². The molecule has 18 heavy (non-hydrogen) atoms. The molecule has 2 nitrogen and oxygen atoms in total. The molecular formula is C16H27NO. The third-order valence-corrected chi connectivity index (χ3v) is 3.85. The van der Waals surface area contributed by atoms with Crippen molar-refractivity contribution < 1.29 is 4.74 Å². The average molecular weight is 249 g/mol. The zero-order valence-electron chi connectivity index (χ0n) is 12.7. The molecule has 0 saturated carbocycles. The fourth-order valence-corrected chi connectivity index (χ4v) is 2.70. The monoisotopic (exact) mass is 249 g/mol. The maximum absolute atomic E-state index is 11.8. The highest BCUT2D eigenvalue weighted by atomic mass is 16.5. The van der Waals surface area contributed by atoms with E-state index in [2.05, 4.69) is 26.8 Å². The van der Waals surface area contributed by atoms with Gasteiger partial charge < -0.3 is 5.21 Å². The van der Waals surface area contributed by atoms with Gasteiger partial charge in [0.2, 0.25) is 0 Å². The zero-order chi connectivity index (χ0) is 13.9. The molecular weight excluding hydrogens is 222 g/mol. The van der Waals surface area contributed by atoms with E-state index < -0.39 is 0 Å². The molecule has 2 heteroatoms. The number of nitrogens with zero attached hydrogens (tertiary/aromatic N) is 1. The minimum absolute atomic E-state index is 0.00379. The molecule has 0 aromatic carbocycles. The summed E-state index contributed by atoms with van der Waals surface area (Å²) in [4.78, 5) is 0. The summed E-state index contributed by atoms with van der Waals surface area (Å²) in [6.07, 6.45) is 7.82. The SMILES string of the molecule is CC1=C(/C=C/C(C)=[N+](/[O-])C(C)C)C(C)(C)CCC1. The lowest BCUT2D eigenvalue weighted by molar-refractivity contribution is -0.491. The minimum Gasteiger partial charge on any atom is -0.623 e. The van der Waals surface area contributed by atoms with E-state index in [1.807, 2.05) is 26.8 Å². The second-order valence-electron chi connectivity index (χ2n) is 6.33. The van der Waals surface area contributed by atoms with Gasteiger partial charge >= 0.3 is 0 Å². The van der Waals surface area contributed by atoms with Crippen LogP contribution in [-0.2, 0) is 0 Å². The molecule has 102 valence electrons. The first-order valence-corrected chi connectivity index (χ1v) is 6.94. The Bertz CT molecular complexity index is 397. The Morgan fingerprint density at radius 3 is 2.50 bits per heavy atom. The summed E-state index contributed by atoms with van der Waals surface area (Å²) >= 11 is 0. The van der Waals surface area contributed by atoms with Gasteiger partial charge in [-0.2, -0.15) is 0 Å². The fourth-order valence-electron chi connectivity index (χ4n) is 2.70. The first-order valence-electron chi connectivity index (χ1n) is 6.94. The van der Waals surface area contributed by atoms with Crippen LogP contribution in [0, 0.1) is 10.6 Å². The van der Waals surface area contributed by atoms with Gasteiger partial charge in [-0.05, 0) is 51.0 Å². The third kappa shape index (κ3) is 3.47. The van der Waals surface area contributed by atoms with E-state index in [-0.39, 0.29) is 11.5 Å². The van der Waals surface area contributed by atoms with Gasteiger partial charge in [-0.3, -0.25) is 0 Å². The number of allylic oxidation sites excluding steroid dienone is 4. The van der Waals surface area contributed by atoms with Crippen molar-refractivity contribution in [2.75, 3.05) is 0 Å². The molecule has 0 heterocycles. The van der Waals surface area contributed by atoms with Crippen LogP contribution in [0.15, 0.2) is 23.3 Å². The van der Waals surface area contributed by atoms with Gasteiger partial charge in [0.15, 0.2) is 11.8 Å². The highest BCUT2D eigenvalue weighted by Gasteiger charge is 2.26. The molecule has 0 atom stereocenters. The van der Waals surface area contributed by atoms with E-state index in [4.69, 9.17) is 0 Å². The van der Waals surface area contributed by atoms with Gasteiger partial charge in [-0.1, -0.05) is 25.5 Å². The van der Waals surface area contributed by atoms with Crippen LogP contribution in [-0.4, -0.2) is 16.5 Å². The largest absolute Gasteiger partial charge is 0.623 e. The van der Waals surface area contributed by atoms with Crippen molar-refractivity contribution in [1.82, 2.24) is 0 Å². The Balaban J connectivity index is 3.00. The maximum Gasteiger partial charge on any atom is 0.184 e. The standard InChI is InChI=1S/C16H27NO/c1-12(2)17(18)14(4)9-10-15-13(3)8-7-11-16(15,5)6/h9-10,12H,7-8,11H2,1-6H3/b10-9+,17-14+. The molecule has 0 aliphatic heterocycles. The zero-order valence-corrected chi connectivity index (χ0v) is 12.7. The van der Waals surface area contributed by atoms with Crippen molar-refractivity contribution in [2.24, 2.45) is 5.41 Å². The van der Waals surface area contributed by atoms with Crippen LogP contribution >= 0.6 is 0 Å². The van der Waals surface area contributed by atoms with Crippen LogP contribution in [0.3, 0.4) is 0 Å². The smallest absolute Gasteiger partial charge is 0.184 e. The average Bonchev–Trinajstić information content (AvgIpc) is 2.25. The highest BCUT2D eigenvalue weighted by molar-refractivity contribution is 5.89. The Morgan fingerprint density at radius 1 is 1.39 bits per heavy atom. The third-order valence-electron chi connectivity index (χ3n) is 3.85. The normalized spacial score (nSPS) is 21.7. The Morgan fingerprint density at radius 2 is 2.00 bits per heavy atom. The molecule has 0 aromatic rings. The van der Waals surface area contributed by atoms with Crippen LogP contribution in [0.2, 0.25) is 0 Å². The summed E-state index contributed by atoms with van der Waals surface area (Å²) in [5.41, 5.74) is 3.90. The molecule has 0 radical (unpaired) electrons. The first-order chi connectivity index (χ1) is 8.25. The lowest BCUT2D eigenvalue weighted by Gasteiger charge is -2.32. The summed E-state index contributed by atoms with van der Waals surface area (Å²) in [6, 6.07) is 0.00379. The van der Waals surface area contributed by atoms with Crippen molar-refractivity contribution in [2.45, 2.75) is 66.8 Å². The second kappa shape index (κ2) is 5.73. The van der Waals surface area contributed by atoms with E-state index in [0.29, 0.717) is 0 Å². The summed E-state index contributed by atoms with van der Waals surface area (Å²) in [5.74, 6) is 0. The van der Waals surface area contributed by atoms with Crippen LogP contribution in [0.4, 0.5) is 0 Å². The van der Waals surface area contributed by atoms with Gasteiger partial charge in [-0.15, -0.1) is 0 Å². The topological polar surface area (TPSA) is 26.1 Å². The van der Waals surface area contributed by atoms with Gasteiger partial charge in [-0.25, -0.2) is 4.74 Å². The molecule has 0 aromatic heterocycles. The number of rotatable bonds is 3. The van der Waals surface area contributed by atoms with E-state index in [1.165, 1.54) is 30.4 Å². The molecule has 0 amide bonds. The second-order valence-corrected chi connectivity index (χ2v) is 6.33. The molecule has 0 fully saturated rings. The summed E-state index contributed by atoms with van der Waals surface area (Å²) in [6.45, 7) is 12.5. The fraction of sp³-hybridized carbons (Fsp3) is 0.688. The molecule has 0 saturated heterocycles. The van der Waals surface area contributed by atoms with Crippen molar-refractivity contribution in [3.8, 4) is 0 Å². The maximum atomic E-state index is 11.8. The predicted octanol–water partition coefficient (Wildman–Crippen LogP) is 4.45. The lowest BCUT2D eigenvalue weighted by Crippen LogP contribution is -2.21. The Kier molecular flexibility index (Phi) is 4.78. The van der Waals surface area contributed by atoms with E-state index in [9.17, 15) is 5.21 Å².